The Balaban J connectivity index is 2.08. The Kier molecular flexibility index (Phi) is 5.09. The van der Waals surface area contributed by atoms with Gasteiger partial charge in [-0.25, -0.2) is 4.98 Å². The number of aryl methyl sites for hydroxylation is 2. The van der Waals surface area contributed by atoms with Crippen LogP contribution < -0.4 is 10.1 Å². The number of carbonyl (C=O) groups is 1. The minimum atomic E-state index is -0.0487. The maximum absolute atomic E-state index is 11.6. The van der Waals surface area contributed by atoms with Gasteiger partial charge in [-0.05, 0) is 37.6 Å². The Morgan fingerprint density at radius 3 is 2.50 bits per heavy atom. The summed E-state index contributed by atoms with van der Waals surface area (Å²) in [5, 5.41) is 2.84. The lowest BCUT2D eigenvalue weighted by Crippen LogP contribution is -2.17. The highest BCUT2D eigenvalue weighted by molar-refractivity contribution is 5.92. The van der Waals surface area contributed by atoms with E-state index in [1.54, 1.807) is 12.1 Å². The first-order valence-electron chi connectivity index (χ1n) is 7.41. The minimum absolute atomic E-state index is 0.00678. The van der Waals surface area contributed by atoms with Crippen LogP contribution >= 0.6 is 0 Å². The first-order chi connectivity index (χ1) is 10.5. The summed E-state index contributed by atoms with van der Waals surface area (Å²) >= 11 is 0. The molecule has 116 valence electrons. The standard InChI is InChI=1S/C17H21N3O2/c1-5-13-10-16(19-12(4)18-13)22-15-8-6-14(7-9-15)20-17(21)11(2)3/h6-11H,5H2,1-4H3,(H,20,21). The third-order valence-electron chi connectivity index (χ3n) is 3.10. The van der Waals surface area contributed by atoms with Gasteiger partial charge in [0.1, 0.15) is 11.6 Å². The summed E-state index contributed by atoms with van der Waals surface area (Å²) in [6, 6.07) is 9.06. The third kappa shape index (κ3) is 4.28. The second kappa shape index (κ2) is 7.02. The molecule has 0 aliphatic heterocycles. The van der Waals surface area contributed by atoms with Gasteiger partial charge in [-0.3, -0.25) is 4.79 Å². The highest BCUT2D eigenvalue weighted by atomic mass is 16.5. The predicted octanol–water partition coefficient (Wildman–Crippen LogP) is 3.73. The zero-order chi connectivity index (χ0) is 16.1. The van der Waals surface area contributed by atoms with Gasteiger partial charge in [-0.2, -0.15) is 4.98 Å². The number of hydrogen-bond acceptors (Lipinski definition) is 4. The molecule has 0 radical (unpaired) electrons. The van der Waals surface area contributed by atoms with E-state index < -0.39 is 0 Å². The summed E-state index contributed by atoms with van der Waals surface area (Å²) in [6.07, 6.45) is 0.833. The van der Waals surface area contributed by atoms with Gasteiger partial charge >= 0.3 is 0 Å². The molecule has 1 heterocycles. The van der Waals surface area contributed by atoms with Crippen LogP contribution in [0, 0.1) is 12.8 Å². The van der Waals surface area contributed by atoms with E-state index in [1.165, 1.54) is 0 Å². The fourth-order valence-electron chi connectivity index (χ4n) is 1.85. The van der Waals surface area contributed by atoms with Gasteiger partial charge in [-0.1, -0.05) is 20.8 Å². The van der Waals surface area contributed by atoms with Gasteiger partial charge in [-0.15, -0.1) is 0 Å². The Morgan fingerprint density at radius 1 is 1.23 bits per heavy atom. The van der Waals surface area contributed by atoms with E-state index in [-0.39, 0.29) is 11.8 Å². The number of anilines is 1. The second-order valence-electron chi connectivity index (χ2n) is 5.37. The smallest absolute Gasteiger partial charge is 0.226 e. The summed E-state index contributed by atoms with van der Waals surface area (Å²) in [5.41, 5.74) is 1.70. The van der Waals surface area contributed by atoms with E-state index in [4.69, 9.17) is 4.74 Å². The molecule has 0 unspecified atom stereocenters. The second-order valence-corrected chi connectivity index (χ2v) is 5.37. The van der Waals surface area contributed by atoms with Crippen molar-refractivity contribution in [1.29, 1.82) is 0 Å². The molecular weight excluding hydrogens is 278 g/mol. The lowest BCUT2D eigenvalue weighted by Gasteiger charge is -2.10. The zero-order valence-corrected chi connectivity index (χ0v) is 13.4. The van der Waals surface area contributed by atoms with Crippen molar-refractivity contribution in [2.24, 2.45) is 5.92 Å². The molecule has 2 rings (SSSR count). The number of carbonyl (C=O) groups excluding carboxylic acids is 1. The van der Waals surface area contributed by atoms with Gasteiger partial charge in [0.15, 0.2) is 0 Å². The van der Waals surface area contributed by atoms with Gasteiger partial charge in [0.2, 0.25) is 11.8 Å². The number of nitrogens with zero attached hydrogens (tertiary/aromatic N) is 2. The van der Waals surface area contributed by atoms with Crippen LogP contribution in [0.4, 0.5) is 5.69 Å². The molecular formula is C17H21N3O2. The summed E-state index contributed by atoms with van der Waals surface area (Å²) in [7, 11) is 0. The lowest BCUT2D eigenvalue weighted by atomic mass is 10.2. The van der Waals surface area contributed by atoms with Crippen LogP contribution in [0.1, 0.15) is 32.3 Å². The van der Waals surface area contributed by atoms with Gasteiger partial charge in [0.25, 0.3) is 0 Å². The highest BCUT2D eigenvalue weighted by Crippen LogP contribution is 2.22. The first kappa shape index (κ1) is 15.9. The van der Waals surface area contributed by atoms with Crippen LogP contribution in [0.2, 0.25) is 0 Å². The van der Waals surface area contributed by atoms with E-state index in [9.17, 15) is 4.79 Å². The molecule has 0 aliphatic rings. The van der Waals surface area contributed by atoms with Crippen molar-refractivity contribution in [1.82, 2.24) is 9.97 Å². The van der Waals surface area contributed by atoms with E-state index >= 15 is 0 Å². The highest BCUT2D eigenvalue weighted by Gasteiger charge is 2.07. The van der Waals surface area contributed by atoms with Gasteiger partial charge in [0.05, 0.1) is 0 Å². The number of benzene rings is 1. The maximum atomic E-state index is 11.6. The molecule has 5 nitrogen and oxygen atoms in total. The molecule has 0 saturated heterocycles. The van der Waals surface area contributed by atoms with E-state index in [1.807, 2.05) is 45.9 Å². The number of rotatable bonds is 5. The quantitative estimate of drug-likeness (QED) is 0.913. The third-order valence-corrected chi connectivity index (χ3v) is 3.10. The number of ether oxygens (including phenoxy) is 1. The predicted molar refractivity (Wildman–Crippen MR) is 86.1 cm³/mol. The molecule has 2 aromatic rings. The maximum Gasteiger partial charge on any atom is 0.226 e. The first-order valence-corrected chi connectivity index (χ1v) is 7.41. The van der Waals surface area contributed by atoms with Crippen LogP contribution in [0.5, 0.6) is 11.6 Å². The zero-order valence-electron chi connectivity index (χ0n) is 13.4. The van der Waals surface area contributed by atoms with Gasteiger partial charge < -0.3 is 10.1 Å². The molecule has 0 atom stereocenters. The molecule has 0 aliphatic carbocycles. The molecule has 0 spiro atoms. The molecule has 5 heteroatoms. The van der Waals surface area contributed by atoms with Crippen molar-refractivity contribution in [2.45, 2.75) is 34.1 Å². The number of aromatic nitrogens is 2. The average Bonchev–Trinajstić information content (AvgIpc) is 2.48. The minimum Gasteiger partial charge on any atom is -0.439 e. The molecule has 1 aromatic heterocycles. The van der Waals surface area contributed by atoms with Crippen molar-refractivity contribution in [2.75, 3.05) is 5.32 Å². The Bertz CT molecular complexity index is 651. The van der Waals surface area contributed by atoms with Gasteiger partial charge in [0, 0.05) is 23.4 Å². The summed E-state index contributed by atoms with van der Waals surface area (Å²) in [5.74, 6) is 1.83. The SMILES string of the molecule is CCc1cc(Oc2ccc(NC(=O)C(C)C)cc2)nc(C)n1. The fraction of sp³-hybridized carbons (Fsp3) is 0.353. The van der Waals surface area contributed by atoms with Crippen LogP contribution in [0.3, 0.4) is 0 Å². The van der Waals surface area contributed by atoms with E-state index in [2.05, 4.69) is 15.3 Å². The van der Waals surface area contributed by atoms with E-state index in [0.717, 1.165) is 17.8 Å². The number of amides is 1. The van der Waals surface area contributed by atoms with E-state index in [0.29, 0.717) is 17.5 Å². The molecule has 0 fully saturated rings. The van der Waals surface area contributed by atoms with Crippen LogP contribution in [0.15, 0.2) is 30.3 Å². The van der Waals surface area contributed by atoms with Crippen LogP contribution in [0.25, 0.3) is 0 Å². The molecule has 1 aromatic carbocycles. The average molecular weight is 299 g/mol. The Morgan fingerprint density at radius 2 is 1.91 bits per heavy atom. The summed E-state index contributed by atoms with van der Waals surface area (Å²) in [4.78, 5) is 20.2. The number of nitrogens with one attached hydrogen (secondary N) is 1. The van der Waals surface area contributed by atoms with Crippen molar-refractivity contribution < 1.29 is 9.53 Å². The van der Waals surface area contributed by atoms with Crippen LogP contribution in [-0.2, 0) is 11.2 Å². The summed E-state index contributed by atoms with van der Waals surface area (Å²) < 4.78 is 5.75. The normalized spacial score (nSPS) is 10.6. The van der Waals surface area contributed by atoms with Crippen molar-refractivity contribution in [3.8, 4) is 11.6 Å². The van der Waals surface area contributed by atoms with Crippen molar-refractivity contribution in [3.05, 3.63) is 41.9 Å². The monoisotopic (exact) mass is 299 g/mol. The van der Waals surface area contributed by atoms with Crippen LogP contribution in [-0.4, -0.2) is 15.9 Å². The summed E-state index contributed by atoms with van der Waals surface area (Å²) in [6.45, 7) is 7.60. The van der Waals surface area contributed by atoms with Crippen molar-refractivity contribution in [3.63, 3.8) is 0 Å². The molecule has 1 amide bonds. The van der Waals surface area contributed by atoms with Crippen molar-refractivity contribution >= 4 is 11.6 Å². The lowest BCUT2D eigenvalue weighted by molar-refractivity contribution is -0.118. The Labute approximate surface area is 130 Å². The topological polar surface area (TPSA) is 64.1 Å². The molecule has 1 N–H and O–H groups in total. The molecule has 0 saturated carbocycles. The molecule has 22 heavy (non-hydrogen) atoms. The molecule has 0 bridgehead atoms. The Hall–Kier alpha value is -2.43. The largest absolute Gasteiger partial charge is 0.439 e. The fourth-order valence-corrected chi connectivity index (χ4v) is 1.85. The number of hydrogen-bond donors (Lipinski definition) is 1.